The van der Waals surface area contributed by atoms with E-state index in [1.807, 2.05) is 0 Å². The van der Waals surface area contributed by atoms with Crippen molar-refractivity contribution in [1.82, 2.24) is 4.90 Å². The van der Waals surface area contributed by atoms with Crippen LogP contribution in [0.3, 0.4) is 0 Å². The van der Waals surface area contributed by atoms with Crippen LogP contribution in [0, 0.1) is 0 Å². The standard InChI is InChI=1S/C28H59N.ClH/c1-6-9-12-15-18-21-24-27-28(29(4)5,25-22-19-16-13-10-7-2)26-23-20-17-14-11-8-3;/h6-27H2,1-5H3;1H/p-1. The smallest absolute Gasteiger partial charge is 0.0203 e. The third-order valence-corrected chi connectivity index (χ3v) is 7.19. The molecular formula is C28H59ClN-. The van der Waals surface area contributed by atoms with Crippen LogP contribution in [0.5, 0.6) is 0 Å². The zero-order valence-corrected chi connectivity index (χ0v) is 22.6. The van der Waals surface area contributed by atoms with Crippen LogP contribution in [-0.4, -0.2) is 24.5 Å². The highest BCUT2D eigenvalue weighted by Gasteiger charge is 2.30. The van der Waals surface area contributed by atoms with Crippen molar-refractivity contribution in [2.24, 2.45) is 0 Å². The van der Waals surface area contributed by atoms with Crippen LogP contribution < -0.4 is 12.4 Å². The second kappa shape index (κ2) is 23.9. The molecule has 0 aliphatic rings. The van der Waals surface area contributed by atoms with Crippen molar-refractivity contribution in [3.05, 3.63) is 0 Å². The normalized spacial score (nSPS) is 11.8. The molecular weight excluding hydrogens is 386 g/mol. The van der Waals surface area contributed by atoms with Gasteiger partial charge in [0.25, 0.3) is 0 Å². The van der Waals surface area contributed by atoms with Crippen LogP contribution in [0.2, 0.25) is 0 Å². The van der Waals surface area contributed by atoms with E-state index in [9.17, 15) is 0 Å². The van der Waals surface area contributed by atoms with E-state index in [1.165, 1.54) is 141 Å². The lowest BCUT2D eigenvalue weighted by atomic mass is 9.80. The molecule has 2 heteroatoms. The van der Waals surface area contributed by atoms with E-state index in [0.717, 1.165) is 0 Å². The molecule has 0 aromatic rings. The van der Waals surface area contributed by atoms with Crippen LogP contribution in [-0.2, 0) is 0 Å². The van der Waals surface area contributed by atoms with Crippen LogP contribution in [0.15, 0.2) is 0 Å². The van der Waals surface area contributed by atoms with Crippen LogP contribution in [0.1, 0.15) is 162 Å². The molecule has 0 aliphatic heterocycles. The Kier molecular flexibility index (Phi) is 25.8. The van der Waals surface area contributed by atoms with E-state index in [-0.39, 0.29) is 12.4 Å². The SMILES string of the molecule is CCCCCCCCCC(CCCCCCCC)(CCCCCCCC)N(C)C.[Cl-]. The van der Waals surface area contributed by atoms with Crippen molar-refractivity contribution in [3.8, 4) is 0 Å². The molecule has 0 bridgehead atoms. The average molecular weight is 445 g/mol. The van der Waals surface area contributed by atoms with Gasteiger partial charge in [-0.25, -0.2) is 0 Å². The highest BCUT2D eigenvalue weighted by atomic mass is 35.5. The fraction of sp³-hybridized carbons (Fsp3) is 1.00. The molecule has 0 heterocycles. The van der Waals surface area contributed by atoms with Gasteiger partial charge in [-0.2, -0.15) is 0 Å². The minimum Gasteiger partial charge on any atom is -1.00 e. The third kappa shape index (κ3) is 17.9. The lowest BCUT2D eigenvalue weighted by molar-refractivity contribution is -0.00000692. The Morgan fingerprint density at radius 3 is 0.867 bits per heavy atom. The quantitative estimate of drug-likeness (QED) is 0.154. The Bertz CT molecular complexity index is 300. The van der Waals surface area contributed by atoms with Crippen molar-refractivity contribution >= 4 is 0 Å². The first-order valence-corrected chi connectivity index (χ1v) is 13.8. The molecule has 0 N–H and O–H groups in total. The van der Waals surface area contributed by atoms with E-state index in [2.05, 4.69) is 39.8 Å². The zero-order valence-electron chi connectivity index (χ0n) is 21.9. The summed E-state index contributed by atoms with van der Waals surface area (Å²) in [7, 11) is 4.74. The van der Waals surface area contributed by atoms with Crippen LogP contribution >= 0.6 is 0 Å². The van der Waals surface area contributed by atoms with E-state index in [4.69, 9.17) is 0 Å². The highest BCUT2D eigenvalue weighted by Crippen LogP contribution is 2.33. The number of rotatable bonds is 23. The monoisotopic (exact) mass is 444 g/mol. The summed E-state index contributed by atoms with van der Waals surface area (Å²) in [5, 5.41) is 0. The lowest BCUT2D eigenvalue weighted by Gasteiger charge is -2.41. The summed E-state index contributed by atoms with van der Waals surface area (Å²) >= 11 is 0. The minimum absolute atomic E-state index is 0. The van der Waals surface area contributed by atoms with E-state index >= 15 is 0 Å². The number of hydrogen-bond acceptors (Lipinski definition) is 1. The summed E-state index contributed by atoms with van der Waals surface area (Å²) in [6.45, 7) is 6.95. The van der Waals surface area contributed by atoms with Crippen molar-refractivity contribution in [1.29, 1.82) is 0 Å². The molecule has 0 radical (unpaired) electrons. The largest absolute Gasteiger partial charge is 1.00 e. The summed E-state index contributed by atoms with van der Waals surface area (Å²) < 4.78 is 0. The topological polar surface area (TPSA) is 3.24 Å². The van der Waals surface area contributed by atoms with Gasteiger partial charge in [-0.3, -0.25) is 0 Å². The molecule has 0 aliphatic carbocycles. The molecule has 0 rings (SSSR count). The molecule has 0 spiro atoms. The summed E-state index contributed by atoms with van der Waals surface area (Å²) in [5.74, 6) is 0. The molecule has 30 heavy (non-hydrogen) atoms. The number of halogens is 1. The first-order valence-electron chi connectivity index (χ1n) is 13.8. The Hall–Kier alpha value is 0.250. The summed E-state index contributed by atoms with van der Waals surface area (Å²) in [6.07, 6.45) is 31.5. The molecule has 0 amide bonds. The van der Waals surface area contributed by atoms with E-state index < -0.39 is 0 Å². The van der Waals surface area contributed by atoms with E-state index in [0.29, 0.717) is 5.54 Å². The zero-order chi connectivity index (χ0) is 21.6. The molecule has 0 unspecified atom stereocenters. The summed E-state index contributed by atoms with van der Waals surface area (Å²) in [5.41, 5.74) is 0.471. The maximum atomic E-state index is 2.63. The Balaban J connectivity index is 0. The Morgan fingerprint density at radius 1 is 0.400 bits per heavy atom. The fourth-order valence-corrected chi connectivity index (χ4v) is 4.93. The number of nitrogens with zero attached hydrogens (tertiary/aromatic N) is 1. The molecule has 0 fully saturated rings. The first kappa shape index (κ1) is 32.4. The maximum Gasteiger partial charge on any atom is 0.0203 e. The molecule has 0 atom stereocenters. The molecule has 184 valence electrons. The fourth-order valence-electron chi connectivity index (χ4n) is 4.93. The van der Waals surface area contributed by atoms with Gasteiger partial charge in [-0.05, 0) is 33.4 Å². The van der Waals surface area contributed by atoms with Gasteiger partial charge in [0, 0.05) is 5.54 Å². The van der Waals surface area contributed by atoms with Crippen molar-refractivity contribution in [2.45, 2.75) is 168 Å². The molecule has 0 aromatic heterocycles. The van der Waals surface area contributed by atoms with Gasteiger partial charge >= 0.3 is 0 Å². The Morgan fingerprint density at radius 2 is 0.633 bits per heavy atom. The van der Waals surface area contributed by atoms with Gasteiger partial charge in [0.05, 0.1) is 0 Å². The molecule has 0 aromatic carbocycles. The van der Waals surface area contributed by atoms with Gasteiger partial charge in [0.15, 0.2) is 0 Å². The maximum absolute atomic E-state index is 2.63. The van der Waals surface area contributed by atoms with Gasteiger partial charge in [0.2, 0.25) is 0 Å². The van der Waals surface area contributed by atoms with Gasteiger partial charge < -0.3 is 17.3 Å². The highest BCUT2D eigenvalue weighted by molar-refractivity contribution is 4.88. The van der Waals surface area contributed by atoms with Crippen LogP contribution in [0.25, 0.3) is 0 Å². The molecule has 0 saturated heterocycles. The summed E-state index contributed by atoms with van der Waals surface area (Å²) in [4.78, 5) is 2.63. The lowest BCUT2D eigenvalue weighted by Crippen LogP contribution is -3.00. The second-order valence-electron chi connectivity index (χ2n) is 10.0. The van der Waals surface area contributed by atoms with Crippen molar-refractivity contribution in [2.75, 3.05) is 14.1 Å². The van der Waals surface area contributed by atoms with Crippen molar-refractivity contribution in [3.63, 3.8) is 0 Å². The predicted octanol–water partition coefficient (Wildman–Crippen LogP) is 6.93. The molecule has 1 nitrogen and oxygen atoms in total. The Labute approximate surface area is 199 Å². The van der Waals surface area contributed by atoms with Gasteiger partial charge in [-0.1, -0.05) is 143 Å². The molecule has 0 saturated carbocycles. The minimum atomic E-state index is 0. The van der Waals surface area contributed by atoms with Crippen LogP contribution in [0.4, 0.5) is 0 Å². The second-order valence-corrected chi connectivity index (χ2v) is 10.0. The van der Waals surface area contributed by atoms with Gasteiger partial charge in [0.1, 0.15) is 0 Å². The number of unbranched alkanes of at least 4 members (excludes halogenated alkanes) is 16. The van der Waals surface area contributed by atoms with E-state index in [1.54, 1.807) is 0 Å². The van der Waals surface area contributed by atoms with Gasteiger partial charge in [-0.15, -0.1) is 0 Å². The van der Waals surface area contributed by atoms with Crippen molar-refractivity contribution < 1.29 is 12.4 Å². The predicted molar refractivity (Wildman–Crippen MR) is 135 cm³/mol. The third-order valence-electron chi connectivity index (χ3n) is 7.19. The number of hydrogen-bond donors (Lipinski definition) is 0. The summed E-state index contributed by atoms with van der Waals surface area (Å²) in [6, 6.07) is 0. The first-order chi connectivity index (χ1) is 14.1. The average Bonchev–Trinajstić information content (AvgIpc) is 2.71.